The second-order valence-electron chi connectivity index (χ2n) is 8.10. The third-order valence-corrected chi connectivity index (χ3v) is 6.76. The number of halogens is 4. The molecule has 2 aliphatic rings. The molecule has 1 saturated heterocycles. The maximum Gasteiger partial charge on any atom is 0.282 e. The molecule has 0 aliphatic carbocycles. The van der Waals surface area contributed by atoms with Gasteiger partial charge in [-0.1, -0.05) is 53.9 Å². The van der Waals surface area contributed by atoms with Crippen LogP contribution in [0, 0.1) is 5.92 Å². The standard InChI is InChI=1S/C23H25Cl3N4O2.ClH/c1-14-21(23(31)28-29-11-3-4-18(29)13-32-2)27-30(20-10-9-17(25)12-19(20)26)22(14)15-5-7-16(24)8-6-15;/h5-10,12,14,18,22H,3-4,11,13H2,1-2H3,(H,28,31);1H/t14-,18?,22+;/m0./s1. The Morgan fingerprint density at radius 2 is 1.85 bits per heavy atom. The van der Waals surface area contributed by atoms with Crippen molar-refractivity contribution in [1.29, 1.82) is 0 Å². The molecule has 1 unspecified atom stereocenters. The van der Waals surface area contributed by atoms with E-state index in [1.165, 1.54) is 0 Å². The zero-order valence-corrected chi connectivity index (χ0v) is 21.4. The quantitative estimate of drug-likeness (QED) is 0.514. The number of nitrogens with zero attached hydrogens (tertiary/aromatic N) is 3. The number of rotatable bonds is 6. The van der Waals surface area contributed by atoms with Gasteiger partial charge in [0.1, 0.15) is 5.71 Å². The number of hydrazone groups is 1. The zero-order valence-electron chi connectivity index (χ0n) is 18.3. The molecule has 0 spiro atoms. The van der Waals surface area contributed by atoms with Gasteiger partial charge in [0, 0.05) is 29.6 Å². The van der Waals surface area contributed by atoms with E-state index in [1.807, 2.05) is 42.3 Å². The van der Waals surface area contributed by atoms with E-state index in [0.717, 1.165) is 24.9 Å². The van der Waals surface area contributed by atoms with Gasteiger partial charge in [-0.2, -0.15) is 5.10 Å². The van der Waals surface area contributed by atoms with Crippen molar-refractivity contribution >= 4 is 64.5 Å². The van der Waals surface area contributed by atoms with Gasteiger partial charge in [0.2, 0.25) is 0 Å². The molecule has 4 rings (SSSR count). The van der Waals surface area contributed by atoms with Crippen LogP contribution in [0.5, 0.6) is 0 Å². The van der Waals surface area contributed by atoms with Crippen molar-refractivity contribution in [3.63, 3.8) is 0 Å². The van der Waals surface area contributed by atoms with Crippen LogP contribution in [0.25, 0.3) is 0 Å². The van der Waals surface area contributed by atoms with Gasteiger partial charge in [-0.05, 0) is 48.7 Å². The smallest absolute Gasteiger partial charge is 0.282 e. The predicted molar refractivity (Wildman–Crippen MR) is 137 cm³/mol. The lowest BCUT2D eigenvalue weighted by Crippen LogP contribution is -2.49. The first-order valence-corrected chi connectivity index (χ1v) is 11.7. The molecule has 178 valence electrons. The topological polar surface area (TPSA) is 57.2 Å². The van der Waals surface area contributed by atoms with Crippen LogP contribution in [-0.4, -0.2) is 42.9 Å². The van der Waals surface area contributed by atoms with E-state index < -0.39 is 0 Å². The van der Waals surface area contributed by atoms with Crippen LogP contribution in [0.15, 0.2) is 47.6 Å². The summed E-state index contributed by atoms with van der Waals surface area (Å²) in [5.41, 5.74) is 5.16. The number of carbonyl (C=O) groups excluding carboxylic acids is 1. The second kappa shape index (κ2) is 11.3. The molecule has 2 aliphatic heterocycles. The molecule has 2 aromatic rings. The van der Waals surface area contributed by atoms with E-state index in [1.54, 1.807) is 24.3 Å². The van der Waals surface area contributed by atoms with Gasteiger partial charge in [0.05, 0.1) is 29.4 Å². The molecular formula is C23H26Cl4N4O2. The summed E-state index contributed by atoms with van der Waals surface area (Å²) in [7, 11) is 1.67. The highest BCUT2D eigenvalue weighted by molar-refractivity contribution is 6.41. The molecule has 3 atom stereocenters. The summed E-state index contributed by atoms with van der Waals surface area (Å²) in [5, 5.41) is 10.1. The SMILES string of the molecule is COCC1CCCN1NC(=O)C1=NN(c2ccc(Cl)cc2Cl)[C@@H](c2ccc(Cl)cc2)[C@H]1C.Cl. The lowest BCUT2D eigenvalue weighted by molar-refractivity contribution is -0.120. The first-order chi connectivity index (χ1) is 15.4. The van der Waals surface area contributed by atoms with Gasteiger partial charge >= 0.3 is 0 Å². The molecule has 1 fully saturated rings. The Labute approximate surface area is 215 Å². The van der Waals surface area contributed by atoms with E-state index in [-0.39, 0.29) is 36.3 Å². The largest absolute Gasteiger partial charge is 0.383 e. The molecule has 1 N–H and O–H groups in total. The maximum absolute atomic E-state index is 13.3. The van der Waals surface area contributed by atoms with Crippen molar-refractivity contribution in [2.24, 2.45) is 11.0 Å². The van der Waals surface area contributed by atoms with E-state index in [2.05, 4.69) is 5.43 Å². The van der Waals surface area contributed by atoms with Gasteiger partial charge < -0.3 is 4.74 Å². The lowest BCUT2D eigenvalue weighted by atomic mass is 9.91. The van der Waals surface area contributed by atoms with Crippen molar-refractivity contribution in [3.8, 4) is 0 Å². The maximum atomic E-state index is 13.3. The molecule has 0 bridgehead atoms. The third-order valence-electron chi connectivity index (χ3n) is 5.97. The molecule has 1 amide bonds. The number of hydrogen-bond acceptors (Lipinski definition) is 5. The van der Waals surface area contributed by atoms with Crippen molar-refractivity contribution in [2.45, 2.75) is 31.8 Å². The fourth-order valence-electron chi connectivity index (χ4n) is 4.38. The molecule has 0 aromatic heterocycles. The van der Waals surface area contributed by atoms with E-state index >= 15 is 0 Å². The Bertz CT molecular complexity index is 1020. The summed E-state index contributed by atoms with van der Waals surface area (Å²) in [4.78, 5) is 13.3. The average Bonchev–Trinajstić information content (AvgIpc) is 3.33. The predicted octanol–water partition coefficient (Wildman–Crippen LogP) is 5.76. The molecule has 10 heteroatoms. The third kappa shape index (κ3) is 5.59. The Morgan fingerprint density at radius 1 is 1.15 bits per heavy atom. The summed E-state index contributed by atoms with van der Waals surface area (Å²) in [6, 6.07) is 12.8. The van der Waals surface area contributed by atoms with E-state index in [0.29, 0.717) is 33.1 Å². The first kappa shape index (κ1) is 26.1. The number of amides is 1. The van der Waals surface area contributed by atoms with E-state index in [4.69, 9.17) is 44.6 Å². The molecule has 0 radical (unpaired) electrons. The van der Waals surface area contributed by atoms with Crippen LogP contribution in [0.2, 0.25) is 15.1 Å². The number of carbonyl (C=O) groups is 1. The fourth-order valence-corrected chi connectivity index (χ4v) is 5.00. The average molecular weight is 532 g/mol. The highest BCUT2D eigenvalue weighted by Crippen LogP contribution is 2.42. The molecule has 0 saturated carbocycles. The highest BCUT2D eigenvalue weighted by atomic mass is 35.5. The highest BCUT2D eigenvalue weighted by Gasteiger charge is 2.41. The zero-order chi connectivity index (χ0) is 22.8. The second-order valence-corrected chi connectivity index (χ2v) is 9.38. The van der Waals surface area contributed by atoms with Gasteiger partial charge in [0.25, 0.3) is 5.91 Å². The number of methoxy groups -OCH3 is 1. The molecule has 33 heavy (non-hydrogen) atoms. The minimum absolute atomic E-state index is 0. The molecule has 6 nitrogen and oxygen atoms in total. The number of benzene rings is 2. The number of hydrazine groups is 1. The van der Waals surface area contributed by atoms with Crippen molar-refractivity contribution in [3.05, 3.63) is 63.1 Å². The Kier molecular flexibility index (Phi) is 8.89. The minimum Gasteiger partial charge on any atom is -0.383 e. The van der Waals surface area contributed by atoms with Crippen LogP contribution < -0.4 is 10.4 Å². The van der Waals surface area contributed by atoms with E-state index in [9.17, 15) is 4.79 Å². The first-order valence-electron chi connectivity index (χ1n) is 10.5. The number of ether oxygens (including phenoxy) is 1. The summed E-state index contributed by atoms with van der Waals surface area (Å²) in [6.07, 6.45) is 1.99. The molecule has 2 aromatic carbocycles. The number of hydrogen-bond donors (Lipinski definition) is 1. The minimum atomic E-state index is -0.222. The lowest BCUT2D eigenvalue weighted by Gasteiger charge is -2.28. The van der Waals surface area contributed by atoms with Crippen molar-refractivity contribution in [2.75, 3.05) is 25.3 Å². The number of nitrogens with one attached hydrogen (secondary N) is 1. The fraction of sp³-hybridized carbons (Fsp3) is 0.391. The monoisotopic (exact) mass is 530 g/mol. The summed E-state index contributed by atoms with van der Waals surface area (Å²) >= 11 is 18.7. The summed E-state index contributed by atoms with van der Waals surface area (Å²) in [5.74, 6) is -0.404. The van der Waals surface area contributed by atoms with Crippen LogP contribution in [-0.2, 0) is 9.53 Å². The Morgan fingerprint density at radius 3 is 2.52 bits per heavy atom. The van der Waals surface area contributed by atoms with Gasteiger partial charge in [0.15, 0.2) is 0 Å². The van der Waals surface area contributed by atoms with Crippen molar-refractivity contribution < 1.29 is 9.53 Å². The Balaban J connectivity index is 0.00000306. The summed E-state index contributed by atoms with van der Waals surface area (Å²) < 4.78 is 5.30. The van der Waals surface area contributed by atoms with Gasteiger partial charge in [-0.3, -0.25) is 15.2 Å². The Hall–Kier alpha value is -1.54. The molecule has 2 heterocycles. The summed E-state index contributed by atoms with van der Waals surface area (Å²) in [6.45, 7) is 3.36. The van der Waals surface area contributed by atoms with Crippen LogP contribution >= 0.6 is 47.2 Å². The normalized spacial score (nSPS) is 22.8. The number of anilines is 1. The van der Waals surface area contributed by atoms with Crippen molar-refractivity contribution in [1.82, 2.24) is 10.4 Å². The van der Waals surface area contributed by atoms with Crippen LogP contribution in [0.3, 0.4) is 0 Å². The van der Waals surface area contributed by atoms with Gasteiger partial charge in [-0.15, -0.1) is 12.4 Å². The molecular weight excluding hydrogens is 506 g/mol. The van der Waals surface area contributed by atoms with Gasteiger partial charge in [-0.25, -0.2) is 5.01 Å². The van der Waals surface area contributed by atoms with Crippen LogP contribution in [0.4, 0.5) is 5.69 Å². The van der Waals surface area contributed by atoms with Crippen LogP contribution in [0.1, 0.15) is 31.4 Å².